The third-order valence-electron chi connectivity index (χ3n) is 4.49. The van der Waals surface area contributed by atoms with E-state index in [4.69, 9.17) is 0 Å². The van der Waals surface area contributed by atoms with Gasteiger partial charge in [-0.05, 0) is 29.7 Å². The smallest absolute Gasteiger partial charge is 0.251 e. The zero-order chi connectivity index (χ0) is 19.6. The highest BCUT2D eigenvalue weighted by molar-refractivity contribution is 5.94. The van der Waals surface area contributed by atoms with Crippen LogP contribution in [0.5, 0.6) is 0 Å². The van der Waals surface area contributed by atoms with Gasteiger partial charge in [0.15, 0.2) is 0 Å². The summed E-state index contributed by atoms with van der Waals surface area (Å²) in [6.07, 6.45) is 6.88. The van der Waals surface area contributed by atoms with Gasteiger partial charge in [-0.15, -0.1) is 0 Å². The summed E-state index contributed by atoms with van der Waals surface area (Å²) < 4.78 is 0. The molecule has 3 rings (SSSR count). The summed E-state index contributed by atoms with van der Waals surface area (Å²) in [5.41, 5.74) is 3.75. The Kier molecular flexibility index (Phi) is 7.13. The van der Waals surface area contributed by atoms with Crippen LogP contribution >= 0.6 is 0 Å². The van der Waals surface area contributed by atoms with E-state index in [9.17, 15) is 4.79 Å². The Morgan fingerprint density at radius 3 is 2.29 bits per heavy atom. The lowest BCUT2D eigenvalue weighted by Gasteiger charge is -2.07. The molecule has 1 amide bonds. The van der Waals surface area contributed by atoms with Gasteiger partial charge in [-0.3, -0.25) is 4.79 Å². The summed E-state index contributed by atoms with van der Waals surface area (Å²) in [5.74, 6) is 0.565. The predicted molar refractivity (Wildman–Crippen MR) is 113 cm³/mol. The first kappa shape index (κ1) is 19.5. The van der Waals surface area contributed by atoms with E-state index in [1.807, 2.05) is 42.5 Å². The highest BCUT2D eigenvalue weighted by atomic mass is 16.1. The second-order valence-electron chi connectivity index (χ2n) is 6.67. The summed E-state index contributed by atoms with van der Waals surface area (Å²) in [5, 5.41) is 6.17. The molecule has 0 aliphatic heterocycles. The zero-order valence-corrected chi connectivity index (χ0v) is 16.2. The van der Waals surface area contributed by atoms with Crippen LogP contribution in [0, 0.1) is 0 Å². The van der Waals surface area contributed by atoms with Crippen molar-refractivity contribution in [2.45, 2.75) is 32.7 Å². The van der Waals surface area contributed by atoms with E-state index in [-0.39, 0.29) is 5.91 Å². The normalized spacial score (nSPS) is 10.5. The Morgan fingerprint density at radius 1 is 0.893 bits per heavy atom. The number of hydrogen-bond acceptors (Lipinski definition) is 4. The van der Waals surface area contributed by atoms with Gasteiger partial charge in [-0.2, -0.15) is 0 Å². The van der Waals surface area contributed by atoms with Gasteiger partial charge in [0.1, 0.15) is 0 Å². The van der Waals surface area contributed by atoms with Gasteiger partial charge < -0.3 is 10.6 Å². The molecular formula is C23H26N4O. The number of anilines is 1. The minimum Gasteiger partial charge on any atom is -0.352 e. The highest BCUT2D eigenvalue weighted by Gasteiger charge is 2.06. The molecule has 2 N–H and O–H groups in total. The number of nitrogens with one attached hydrogen (secondary N) is 2. The van der Waals surface area contributed by atoms with Crippen molar-refractivity contribution >= 4 is 11.9 Å². The van der Waals surface area contributed by atoms with Crippen LogP contribution in [-0.4, -0.2) is 22.4 Å². The predicted octanol–water partition coefficient (Wildman–Crippen LogP) is 4.68. The Labute approximate surface area is 166 Å². The molecule has 0 aliphatic rings. The van der Waals surface area contributed by atoms with Crippen LogP contribution in [0.3, 0.4) is 0 Å². The largest absolute Gasteiger partial charge is 0.352 e. The number of nitrogens with zero attached hydrogens (tertiary/aromatic N) is 2. The van der Waals surface area contributed by atoms with Gasteiger partial charge in [0, 0.05) is 36.6 Å². The van der Waals surface area contributed by atoms with Crippen LogP contribution in [-0.2, 0) is 6.54 Å². The maximum atomic E-state index is 12.1. The van der Waals surface area contributed by atoms with E-state index >= 15 is 0 Å². The molecule has 0 spiro atoms. The standard InChI is InChI=1S/C23H26N4O/c1-2-3-7-14-24-22(28)20-12-10-19(11-13-20)21-16-26-23(27-17-21)25-15-18-8-5-4-6-9-18/h4-6,8-13,16-17H,2-3,7,14-15H2,1H3,(H,24,28)(H,25,26,27). The van der Waals surface area contributed by atoms with Gasteiger partial charge >= 0.3 is 0 Å². The van der Waals surface area contributed by atoms with Crippen molar-refractivity contribution in [3.05, 3.63) is 78.1 Å². The lowest BCUT2D eigenvalue weighted by molar-refractivity contribution is 0.0953. The molecule has 0 fully saturated rings. The summed E-state index contributed by atoms with van der Waals surface area (Å²) in [6.45, 7) is 3.55. The fraction of sp³-hybridized carbons (Fsp3) is 0.261. The number of carbonyl (C=O) groups excluding carboxylic acids is 1. The monoisotopic (exact) mass is 374 g/mol. The number of carbonyl (C=O) groups is 1. The van der Waals surface area contributed by atoms with Gasteiger partial charge in [0.05, 0.1) is 0 Å². The Hall–Kier alpha value is -3.21. The minimum absolute atomic E-state index is 0.0284. The molecule has 5 heteroatoms. The Balaban J connectivity index is 1.55. The third kappa shape index (κ3) is 5.64. The molecule has 5 nitrogen and oxygen atoms in total. The van der Waals surface area contributed by atoms with Crippen LogP contribution in [0.4, 0.5) is 5.95 Å². The molecule has 28 heavy (non-hydrogen) atoms. The van der Waals surface area contributed by atoms with E-state index in [1.54, 1.807) is 12.4 Å². The molecule has 0 bridgehead atoms. The lowest BCUT2D eigenvalue weighted by atomic mass is 10.1. The fourth-order valence-electron chi connectivity index (χ4n) is 2.84. The SMILES string of the molecule is CCCCCNC(=O)c1ccc(-c2cnc(NCc3ccccc3)nc2)cc1. The van der Waals surface area contributed by atoms with E-state index < -0.39 is 0 Å². The van der Waals surface area contributed by atoms with Crippen LogP contribution in [0.15, 0.2) is 67.0 Å². The summed E-state index contributed by atoms with van der Waals surface area (Å²) in [7, 11) is 0. The molecule has 3 aromatic rings. The molecule has 2 aromatic carbocycles. The van der Waals surface area contributed by atoms with Crippen LogP contribution in [0.25, 0.3) is 11.1 Å². The molecule has 0 atom stereocenters. The first-order chi connectivity index (χ1) is 13.8. The van der Waals surface area contributed by atoms with Crippen LogP contribution in [0.1, 0.15) is 42.1 Å². The second kappa shape index (κ2) is 10.2. The minimum atomic E-state index is -0.0284. The molecule has 1 heterocycles. The number of unbranched alkanes of at least 4 members (excludes halogenated alkanes) is 2. The van der Waals surface area contributed by atoms with E-state index in [2.05, 4.69) is 39.7 Å². The molecule has 0 aliphatic carbocycles. The third-order valence-corrected chi connectivity index (χ3v) is 4.49. The number of hydrogen-bond donors (Lipinski definition) is 2. The van der Waals surface area contributed by atoms with E-state index in [1.165, 1.54) is 5.56 Å². The number of benzene rings is 2. The molecule has 1 aromatic heterocycles. The molecule has 0 saturated carbocycles. The average Bonchev–Trinajstić information content (AvgIpc) is 2.76. The number of aromatic nitrogens is 2. The molecule has 0 saturated heterocycles. The van der Waals surface area contributed by atoms with Crippen molar-refractivity contribution in [2.24, 2.45) is 0 Å². The zero-order valence-electron chi connectivity index (χ0n) is 16.2. The summed E-state index contributed by atoms with van der Waals surface area (Å²) in [4.78, 5) is 20.9. The Morgan fingerprint density at radius 2 is 1.61 bits per heavy atom. The first-order valence-corrected chi connectivity index (χ1v) is 9.74. The summed E-state index contributed by atoms with van der Waals surface area (Å²) >= 11 is 0. The molecular weight excluding hydrogens is 348 g/mol. The molecule has 0 radical (unpaired) electrons. The van der Waals surface area contributed by atoms with Crippen molar-refractivity contribution in [3.8, 4) is 11.1 Å². The average molecular weight is 374 g/mol. The topological polar surface area (TPSA) is 66.9 Å². The number of amides is 1. The lowest BCUT2D eigenvalue weighted by Crippen LogP contribution is -2.24. The summed E-state index contributed by atoms with van der Waals surface area (Å²) in [6, 6.07) is 17.7. The van der Waals surface area contributed by atoms with Gasteiger partial charge in [0.25, 0.3) is 5.91 Å². The van der Waals surface area contributed by atoms with Gasteiger partial charge in [-0.25, -0.2) is 9.97 Å². The van der Waals surface area contributed by atoms with E-state index in [0.29, 0.717) is 18.1 Å². The maximum Gasteiger partial charge on any atom is 0.251 e. The van der Waals surface area contributed by atoms with Gasteiger partial charge in [0.2, 0.25) is 5.95 Å². The van der Waals surface area contributed by atoms with Crippen LogP contribution in [0.2, 0.25) is 0 Å². The first-order valence-electron chi connectivity index (χ1n) is 9.74. The van der Waals surface area contributed by atoms with Crippen molar-refractivity contribution in [3.63, 3.8) is 0 Å². The van der Waals surface area contributed by atoms with Gasteiger partial charge in [-0.1, -0.05) is 62.2 Å². The van der Waals surface area contributed by atoms with E-state index in [0.717, 1.165) is 36.9 Å². The Bertz CT molecular complexity index is 861. The quantitative estimate of drug-likeness (QED) is 0.534. The maximum absolute atomic E-state index is 12.1. The number of rotatable bonds is 9. The fourth-order valence-corrected chi connectivity index (χ4v) is 2.84. The molecule has 0 unspecified atom stereocenters. The van der Waals surface area contributed by atoms with Crippen molar-refractivity contribution < 1.29 is 4.79 Å². The van der Waals surface area contributed by atoms with Crippen LogP contribution < -0.4 is 10.6 Å². The van der Waals surface area contributed by atoms with Crippen molar-refractivity contribution in [1.29, 1.82) is 0 Å². The highest BCUT2D eigenvalue weighted by Crippen LogP contribution is 2.19. The molecule has 144 valence electrons. The van der Waals surface area contributed by atoms with Crippen molar-refractivity contribution in [1.82, 2.24) is 15.3 Å². The van der Waals surface area contributed by atoms with Crippen molar-refractivity contribution in [2.75, 3.05) is 11.9 Å². The second-order valence-corrected chi connectivity index (χ2v) is 6.67.